The maximum Gasteiger partial charge on any atom is 0.262 e. The first-order valence-corrected chi connectivity index (χ1v) is 5.81. The van der Waals surface area contributed by atoms with Crippen molar-refractivity contribution in [1.29, 1.82) is 0 Å². The molecule has 0 spiro atoms. The van der Waals surface area contributed by atoms with Crippen LogP contribution in [0.3, 0.4) is 0 Å². The van der Waals surface area contributed by atoms with E-state index in [4.69, 9.17) is 0 Å². The van der Waals surface area contributed by atoms with E-state index in [1.807, 2.05) is 6.92 Å². The van der Waals surface area contributed by atoms with Crippen molar-refractivity contribution in [3.63, 3.8) is 0 Å². The molecule has 0 unspecified atom stereocenters. The zero-order valence-electron chi connectivity index (χ0n) is 9.38. The predicted molar refractivity (Wildman–Crippen MR) is 72.9 cm³/mol. The molecule has 1 aromatic heterocycles. The molecular formula is C10H15BrClN3O2. The van der Waals surface area contributed by atoms with Gasteiger partial charge >= 0.3 is 0 Å². The molecule has 3 N–H and O–H groups in total. The van der Waals surface area contributed by atoms with Crippen LogP contribution in [-0.4, -0.2) is 30.5 Å². The molecule has 5 nitrogen and oxygen atoms in total. The van der Waals surface area contributed by atoms with Gasteiger partial charge in [-0.3, -0.25) is 9.59 Å². The van der Waals surface area contributed by atoms with Crippen LogP contribution >= 0.6 is 28.3 Å². The van der Waals surface area contributed by atoms with Gasteiger partial charge in [0.25, 0.3) is 11.5 Å². The van der Waals surface area contributed by atoms with Crippen molar-refractivity contribution in [2.75, 3.05) is 19.6 Å². The third-order valence-electron chi connectivity index (χ3n) is 1.96. The summed E-state index contributed by atoms with van der Waals surface area (Å²) in [6.07, 6.45) is 1.40. The zero-order valence-corrected chi connectivity index (χ0v) is 11.8. The van der Waals surface area contributed by atoms with Gasteiger partial charge in [-0.1, -0.05) is 6.92 Å². The molecule has 0 bridgehead atoms. The minimum atomic E-state index is -0.246. The summed E-state index contributed by atoms with van der Waals surface area (Å²) in [5, 5.41) is 5.83. The highest BCUT2D eigenvalue weighted by Crippen LogP contribution is 2.04. The van der Waals surface area contributed by atoms with Gasteiger partial charge in [0.05, 0.1) is 10.0 Å². The van der Waals surface area contributed by atoms with Crippen LogP contribution in [-0.2, 0) is 0 Å². The Morgan fingerprint density at radius 3 is 2.76 bits per heavy atom. The van der Waals surface area contributed by atoms with Crippen LogP contribution in [0.15, 0.2) is 21.5 Å². The van der Waals surface area contributed by atoms with Crippen molar-refractivity contribution in [3.8, 4) is 0 Å². The molecule has 0 aliphatic carbocycles. The van der Waals surface area contributed by atoms with Gasteiger partial charge < -0.3 is 15.6 Å². The van der Waals surface area contributed by atoms with Gasteiger partial charge in [0.2, 0.25) is 0 Å². The van der Waals surface area contributed by atoms with Crippen molar-refractivity contribution in [2.24, 2.45) is 0 Å². The molecule has 1 heterocycles. The maximum atomic E-state index is 11.6. The molecule has 1 rings (SSSR count). The standard InChI is InChI=1S/C10H14BrN3O2.ClH/c1-2-12-3-4-13-9(15)7-5-8(11)10(16)14-6-7;/h5-6,12H,2-4H2,1H3,(H,13,15)(H,14,16);1H. The first-order chi connectivity index (χ1) is 7.65. The van der Waals surface area contributed by atoms with Gasteiger partial charge in [0.15, 0.2) is 0 Å². The lowest BCUT2D eigenvalue weighted by molar-refractivity contribution is 0.0953. The number of nitrogens with one attached hydrogen (secondary N) is 3. The number of carbonyl (C=O) groups excluding carboxylic acids is 1. The molecule has 0 aromatic carbocycles. The van der Waals surface area contributed by atoms with Gasteiger partial charge in [0, 0.05) is 19.3 Å². The predicted octanol–water partition coefficient (Wildman–Crippen LogP) is 0.898. The SMILES string of the molecule is CCNCCNC(=O)c1c[nH]c(=O)c(Br)c1.Cl. The van der Waals surface area contributed by atoms with E-state index in [1.165, 1.54) is 12.3 Å². The highest BCUT2D eigenvalue weighted by atomic mass is 79.9. The van der Waals surface area contributed by atoms with E-state index >= 15 is 0 Å². The minimum Gasteiger partial charge on any atom is -0.351 e. The second-order valence-electron chi connectivity index (χ2n) is 3.17. The molecule has 0 atom stereocenters. The number of H-pyrrole nitrogens is 1. The van der Waals surface area contributed by atoms with Crippen molar-refractivity contribution in [3.05, 3.63) is 32.7 Å². The Kier molecular flexibility index (Phi) is 7.86. The average Bonchev–Trinajstić information content (AvgIpc) is 2.28. The van der Waals surface area contributed by atoms with Crippen molar-refractivity contribution < 1.29 is 4.79 Å². The lowest BCUT2D eigenvalue weighted by Crippen LogP contribution is -2.32. The number of hydrogen-bond acceptors (Lipinski definition) is 3. The Morgan fingerprint density at radius 1 is 1.47 bits per heavy atom. The van der Waals surface area contributed by atoms with E-state index in [2.05, 4.69) is 31.5 Å². The van der Waals surface area contributed by atoms with Gasteiger partial charge in [-0.05, 0) is 28.5 Å². The molecule has 0 saturated carbocycles. The molecule has 96 valence electrons. The zero-order chi connectivity index (χ0) is 12.0. The molecule has 0 aliphatic rings. The average molecular weight is 325 g/mol. The Bertz CT molecular complexity index is 422. The van der Waals surface area contributed by atoms with Crippen molar-refractivity contribution in [2.45, 2.75) is 6.92 Å². The molecule has 1 aromatic rings. The summed E-state index contributed by atoms with van der Waals surface area (Å²) in [5.74, 6) is -0.199. The fraction of sp³-hybridized carbons (Fsp3) is 0.400. The highest BCUT2D eigenvalue weighted by molar-refractivity contribution is 9.10. The second-order valence-corrected chi connectivity index (χ2v) is 4.03. The van der Waals surface area contributed by atoms with E-state index in [0.717, 1.165) is 13.1 Å². The highest BCUT2D eigenvalue weighted by Gasteiger charge is 2.06. The summed E-state index contributed by atoms with van der Waals surface area (Å²) in [7, 11) is 0. The van der Waals surface area contributed by atoms with E-state index in [9.17, 15) is 9.59 Å². The Morgan fingerprint density at radius 2 is 2.18 bits per heavy atom. The third kappa shape index (κ3) is 5.34. The number of likely N-dealkylation sites (N-methyl/N-ethyl adjacent to an activating group) is 1. The van der Waals surface area contributed by atoms with Crippen LogP contribution in [0.4, 0.5) is 0 Å². The quantitative estimate of drug-likeness (QED) is 0.705. The molecule has 1 amide bonds. The van der Waals surface area contributed by atoms with Crippen molar-refractivity contribution in [1.82, 2.24) is 15.6 Å². The van der Waals surface area contributed by atoms with Gasteiger partial charge in [-0.15, -0.1) is 12.4 Å². The largest absolute Gasteiger partial charge is 0.351 e. The third-order valence-corrected chi connectivity index (χ3v) is 2.55. The summed E-state index contributed by atoms with van der Waals surface area (Å²) in [5.41, 5.74) is 0.187. The van der Waals surface area contributed by atoms with Crippen LogP contribution < -0.4 is 16.2 Å². The first kappa shape index (κ1) is 16.1. The van der Waals surface area contributed by atoms with Crippen LogP contribution in [0.2, 0.25) is 0 Å². The van der Waals surface area contributed by atoms with Crippen LogP contribution in [0, 0.1) is 0 Å². The Labute approximate surface area is 114 Å². The van der Waals surface area contributed by atoms with Crippen LogP contribution in [0.1, 0.15) is 17.3 Å². The molecule has 17 heavy (non-hydrogen) atoms. The number of hydrogen-bond donors (Lipinski definition) is 3. The van der Waals surface area contributed by atoms with Crippen molar-refractivity contribution >= 4 is 34.2 Å². The Hall–Kier alpha value is -0.850. The molecule has 0 fully saturated rings. The number of pyridine rings is 1. The Balaban J connectivity index is 0.00000256. The smallest absolute Gasteiger partial charge is 0.262 e. The van der Waals surface area contributed by atoms with E-state index < -0.39 is 0 Å². The monoisotopic (exact) mass is 323 g/mol. The summed E-state index contributed by atoms with van der Waals surface area (Å²) in [4.78, 5) is 25.1. The summed E-state index contributed by atoms with van der Waals surface area (Å²) < 4.78 is 0.354. The van der Waals surface area contributed by atoms with E-state index in [0.29, 0.717) is 16.6 Å². The van der Waals surface area contributed by atoms with Gasteiger partial charge in [-0.2, -0.15) is 0 Å². The molecule has 0 saturated heterocycles. The maximum absolute atomic E-state index is 11.6. The lowest BCUT2D eigenvalue weighted by atomic mass is 10.2. The van der Waals surface area contributed by atoms with Crippen LogP contribution in [0.25, 0.3) is 0 Å². The number of aromatic nitrogens is 1. The van der Waals surface area contributed by atoms with Gasteiger partial charge in [-0.25, -0.2) is 0 Å². The first-order valence-electron chi connectivity index (χ1n) is 5.02. The van der Waals surface area contributed by atoms with E-state index in [1.54, 1.807) is 0 Å². The molecule has 7 heteroatoms. The summed E-state index contributed by atoms with van der Waals surface area (Å²) in [6, 6.07) is 1.50. The second kappa shape index (κ2) is 8.27. The lowest BCUT2D eigenvalue weighted by Gasteiger charge is -2.05. The normalized spacial score (nSPS) is 9.53. The number of amides is 1. The number of aromatic amines is 1. The molecular weight excluding hydrogens is 309 g/mol. The number of rotatable bonds is 5. The summed E-state index contributed by atoms with van der Waals surface area (Å²) in [6.45, 7) is 4.16. The molecule has 0 radical (unpaired) electrons. The fourth-order valence-corrected chi connectivity index (χ4v) is 1.49. The van der Waals surface area contributed by atoms with Crippen LogP contribution in [0.5, 0.6) is 0 Å². The summed E-state index contributed by atoms with van der Waals surface area (Å²) >= 11 is 3.07. The fourth-order valence-electron chi connectivity index (χ4n) is 1.13. The molecule has 0 aliphatic heterocycles. The number of carbonyl (C=O) groups is 1. The topological polar surface area (TPSA) is 74.0 Å². The number of halogens is 2. The minimum absolute atomic E-state index is 0. The van der Waals surface area contributed by atoms with E-state index in [-0.39, 0.29) is 23.9 Å². The van der Waals surface area contributed by atoms with Gasteiger partial charge in [0.1, 0.15) is 0 Å².